The van der Waals surface area contributed by atoms with Crippen molar-refractivity contribution in [3.05, 3.63) is 10.4 Å². The van der Waals surface area contributed by atoms with Crippen molar-refractivity contribution in [2.45, 2.75) is 45.6 Å². The molecule has 4 heteroatoms. The number of unbranched alkanes of at least 4 members (excludes halogenated alkanes) is 2. The first kappa shape index (κ1) is 12.3. The molecule has 0 aromatic heterocycles. The normalized spacial score (nSPS) is 11.0. The second-order valence-electron chi connectivity index (χ2n) is 3.98. The van der Waals surface area contributed by atoms with Crippen LogP contribution in [0.25, 0.3) is 10.4 Å². The molecule has 0 aromatic rings. The van der Waals surface area contributed by atoms with Gasteiger partial charge in [-0.05, 0) is 39.1 Å². The van der Waals surface area contributed by atoms with E-state index in [1.54, 1.807) is 0 Å². The first-order valence-electron chi connectivity index (χ1n) is 4.71. The largest absolute Gasteiger partial charge is 0.376 e. The van der Waals surface area contributed by atoms with Crippen LogP contribution in [0, 0.1) is 0 Å². The van der Waals surface area contributed by atoms with E-state index in [0.717, 1.165) is 25.9 Å². The van der Waals surface area contributed by atoms with Crippen LogP contribution in [0.1, 0.15) is 40.0 Å². The minimum Gasteiger partial charge on any atom is -0.376 e. The highest BCUT2D eigenvalue weighted by Crippen LogP contribution is 2.08. The van der Waals surface area contributed by atoms with Gasteiger partial charge in [0.15, 0.2) is 0 Å². The van der Waals surface area contributed by atoms with Crippen LogP contribution in [0.5, 0.6) is 0 Å². The molecule has 0 N–H and O–H groups in total. The summed E-state index contributed by atoms with van der Waals surface area (Å²) in [6, 6.07) is 0. The molecule has 0 aliphatic rings. The van der Waals surface area contributed by atoms with Gasteiger partial charge in [-0.25, -0.2) is 0 Å². The zero-order valence-electron chi connectivity index (χ0n) is 8.79. The summed E-state index contributed by atoms with van der Waals surface area (Å²) in [5.74, 6) is 0. The second-order valence-corrected chi connectivity index (χ2v) is 3.98. The Bertz CT molecular complexity index is 168. The monoisotopic (exact) mass is 185 g/mol. The Morgan fingerprint density at radius 2 is 1.92 bits per heavy atom. The van der Waals surface area contributed by atoms with Crippen LogP contribution in [-0.4, -0.2) is 18.8 Å². The molecule has 0 aliphatic heterocycles. The van der Waals surface area contributed by atoms with E-state index in [0.29, 0.717) is 6.54 Å². The molecule has 0 saturated carbocycles. The van der Waals surface area contributed by atoms with Crippen molar-refractivity contribution >= 4 is 0 Å². The molecule has 0 bridgehead atoms. The molecule has 0 unspecified atom stereocenters. The Hall–Kier alpha value is -0.730. The Morgan fingerprint density at radius 1 is 1.23 bits per heavy atom. The van der Waals surface area contributed by atoms with Gasteiger partial charge in [-0.15, -0.1) is 0 Å². The molecule has 0 aromatic carbocycles. The van der Waals surface area contributed by atoms with Gasteiger partial charge in [0.25, 0.3) is 0 Å². The molecule has 0 atom stereocenters. The number of hydrogen-bond donors (Lipinski definition) is 0. The molecular formula is C9H19N3O. The molecular weight excluding hydrogens is 166 g/mol. The summed E-state index contributed by atoms with van der Waals surface area (Å²) in [6.07, 6.45) is 3.06. The van der Waals surface area contributed by atoms with Crippen LogP contribution in [0.3, 0.4) is 0 Å². The van der Waals surface area contributed by atoms with Gasteiger partial charge in [0.2, 0.25) is 0 Å². The quantitative estimate of drug-likeness (QED) is 0.271. The average Bonchev–Trinajstić information content (AvgIpc) is 2.01. The van der Waals surface area contributed by atoms with E-state index in [9.17, 15) is 0 Å². The number of hydrogen-bond acceptors (Lipinski definition) is 2. The molecule has 0 aliphatic carbocycles. The van der Waals surface area contributed by atoms with E-state index in [4.69, 9.17) is 10.3 Å². The highest BCUT2D eigenvalue weighted by Gasteiger charge is 2.08. The molecule has 0 heterocycles. The van der Waals surface area contributed by atoms with Crippen LogP contribution in [0.4, 0.5) is 0 Å². The second kappa shape index (κ2) is 6.75. The predicted octanol–water partition coefficient (Wildman–Crippen LogP) is 3.28. The zero-order valence-corrected chi connectivity index (χ0v) is 8.79. The van der Waals surface area contributed by atoms with E-state index < -0.39 is 0 Å². The SMILES string of the molecule is CC(C)(C)OCCCCCN=[N+]=[N-]. The van der Waals surface area contributed by atoms with Crippen LogP contribution >= 0.6 is 0 Å². The van der Waals surface area contributed by atoms with Crippen LogP contribution in [0.2, 0.25) is 0 Å². The van der Waals surface area contributed by atoms with Gasteiger partial charge < -0.3 is 4.74 Å². The summed E-state index contributed by atoms with van der Waals surface area (Å²) in [5, 5.41) is 3.46. The maximum atomic E-state index is 8.01. The third kappa shape index (κ3) is 11.3. The highest BCUT2D eigenvalue weighted by molar-refractivity contribution is 4.58. The standard InChI is InChI=1S/C9H19N3O/c1-9(2,3)13-8-6-4-5-7-11-12-10/h4-8H2,1-3H3. The Morgan fingerprint density at radius 3 is 2.46 bits per heavy atom. The molecule has 4 nitrogen and oxygen atoms in total. The van der Waals surface area contributed by atoms with Crippen molar-refractivity contribution in [2.24, 2.45) is 5.11 Å². The van der Waals surface area contributed by atoms with E-state index in [1.807, 2.05) is 20.8 Å². The van der Waals surface area contributed by atoms with E-state index in [1.165, 1.54) is 0 Å². The Kier molecular flexibility index (Phi) is 6.37. The van der Waals surface area contributed by atoms with Gasteiger partial charge in [-0.3, -0.25) is 0 Å². The van der Waals surface area contributed by atoms with Crippen molar-refractivity contribution in [3.8, 4) is 0 Å². The maximum absolute atomic E-state index is 8.01. The van der Waals surface area contributed by atoms with E-state index in [2.05, 4.69) is 10.0 Å². The molecule has 0 amide bonds. The third-order valence-electron chi connectivity index (χ3n) is 1.50. The van der Waals surface area contributed by atoms with Crippen LogP contribution < -0.4 is 0 Å². The molecule has 0 saturated heterocycles. The topological polar surface area (TPSA) is 58.0 Å². The maximum Gasteiger partial charge on any atom is 0.0598 e. The van der Waals surface area contributed by atoms with Crippen molar-refractivity contribution in [2.75, 3.05) is 13.2 Å². The molecule has 0 spiro atoms. The first-order valence-corrected chi connectivity index (χ1v) is 4.71. The minimum absolute atomic E-state index is 0.0369. The summed E-state index contributed by atoms with van der Waals surface area (Å²) < 4.78 is 5.53. The number of azide groups is 1. The third-order valence-corrected chi connectivity index (χ3v) is 1.50. The predicted molar refractivity (Wildman–Crippen MR) is 53.6 cm³/mol. The summed E-state index contributed by atoms with van der Waals surface area (Å²) in [6.45, 7) is 7.54. The fourth-order valence-corrected chi connectivity index (χ4v) is 0.884. The minimum atomic E-state index is -0.0369. The highest BCUT2D eigenvalue weighted by atomic mass is 16.5. The Balaban J connectivity index is 3.13. The lowest BCUT2D eigenvalue weighted by Gasteiger charge is -2.19. The lowest BCUT2D eigenvalue weighted by molar-refractivity contribution is -0.00464. The lowest BCUT2D eigenvalue weighted by Crippen LogP contribution is -2.19. The summed E-state index contributed by atoms with van der Waals surface area (Å²) >= 11 is 0. The number of nitrogens with zero attached hydrogens (tertiary/aromatic N) is 3. The molecule has 76 valence electrons. The smallest absolute Gasteiger partial charge is 0.0598 e. The van der Waals surface area contributed by atoms with Crippen LogP contribution in [-0.2, 0) is 4.74 Å². The fourth-order valence-electron chi connectivity index (χ4n) is 0.884. The zero-order chi connectivity index (χ0) is 10.2. The average molecular weight is 185 g/mol. The molecule has 0 fully saturated rings. The summed E-state index contributed by atoms with van der Waals surface area (Å²) in [7, 11) is 0. The lowest BCUT2D eigenvalue weighted by atomic mass is 10.2. The molecule has 0 radical (unpaired) electrons. The fraction of sp³-hybridized carbons (Fsp3) is 1.00. The van der Waals surface area contributed by atoms with Gasteiger partial charge >= 0.3 is 0 Å². The van der Waals surface area contributed by atoms with Gasteiger partial charge in [-0.1, -0.05) is 11.5 Å². The van der Waals surface area contributed by atoms with E-state index >= 15 is 0 Å². The Labute approximate surface area is 79.9 Å². The van der Waals surface area contributed by atoms with Crippen LogP contribution in [0.15, 0.2) is 5.11 Å². The van der Waals surface area contributed by atoms with E-state index in [-0.39, 0.29) is 5.60 Å². The van der Waals surface area contributed by atoms with Crippen molar-refractivity contribution in [1.29, 1.82) is 0 Å². The van der Waals surface area contributed by atoms with Crippen molar-refractivity contribution < 1.29 is 4.74 Å². The van der Waals surface area contributed by atoms with Gasteiger partial charge in [0.1, 0.15) is 0 Å². The molecule has 0 rings (SSSR count). The van der Waals surface area contributed by atoms with Gasteiger partial charge in [-0.2, -0.15) is 0 Å². The summed E-state index contributed by atoms with van der Waals surface area (Å²) in [4.78, 5) is 2.69. The first-order chi connectivity index (χ1) is 6.06. The van der Waals surface area contributed by atoms with Crippen molar-refractivity contribution in [1.82, 2.24) is 0 Å². The number of rotatable bonds is 6. The molecule has 13 heavy (non-hydrogen) atoms. The van der Waals surface area contributed by atoms with Crippen molar-refractivity contribution in [3.63, 3.8) is 0 Å². The summed E-state index contributed by atoms with van der Waals surface area (Å²) in [5.41, 5.74) is 7.97. The number of ether oxygens (including phenoxy) is 1. The van der Waals surface area contributed by atoms with Gasteiger partial charge in [0, 0.05) is 18.1 Å². The van der Waals surface area contributed by atoms with Gasteiger partial charge in [0.05, 0.1) is 5.60 Å².